The average Bonchev–Trinajstić information content (AvgIpc) is 3.34. The van der Waals surface area contributed by atoms with E-state index >= 15 is 0 Å². The maximum Gasteiger partial charge on any atom is 0.408 e. The van der Waals surface area contributed by atoms with Crippen LogP contribution in [0.4, 0.5) is 9.18 Å². The van der Waals surface area contributed by atoms with E-state index in [1.54, 1.807) is 0 Å². The van der Waals surface area contributed by atoms with Gasteiger partial charge in [0.05, 0.1) is 0 Å². The van der Waals surface area contributed by atoms with Crippen molar-refractivity contribution in [3.8, 4) is 11.6 Å². The first-order valence-corrected chi connectivity index (χ1v) is 11.2. The van der Waals surface area contributed by atoms with Crippen LogP contribution < -0.4 is 10.6 Å². The van der Waals surface area contributed by atoms with E-state index in [-0.39, 0.29) is 19.0 Å². The minimum Gasteiger partial charge on any atom is -0.501 e. The van der Waals surface area contributed by atoms with Crippen LogP contribution in [0.15, 0.2) is 54.6 Å². The molecule has 0 radical (unpaired) electrons. The van der Waals surface area contributed by atoms with Crippen LogP contribution in [0.2, 0.25) is 0 Å². The molecule has 2 amide bonds. The lowest BCUT2D eigenvalue weighted by molar-refractivity contribution is 0.0940. The Labute approximate surface area is 201 Å². The number of nitrogens with one attached hydrogen (secondary N) is 2. The summed E-state index contributed by atoms with van der Waals surface area (Å²) in [5.74, 6) is -2.70. The summed E-state index contributed by atoms with van der Waals surface area (Å²) >= 11 is 0. The molecular weight excluding hydrogens is 455 g/mol. The van der Waals surface area contributed by atoms with Crippen LogP contribution in [0.3, 0.4) is 0 Å². The molecule has 182 valence electrons. The Morgan fingerprint density at radius 2 is 1.66 bits per heavy atom. The van der Waals surface area contributed by atoms with Gasteiger partial charge in [-0.1, -0.05) is 55.3 Å². The summed E-state index contributed by atoms with van der Waals surface area (Å²) in [5.41, 5.74) is -0.0415. The van der Waals surface area contributed by atoms with Gasteiger partial charge in [-0.2, -0.15) is 4.98 Å². The molecule has 1 aromatic heterocycles. The highest BCUT2D eigenvalue weighted by molar-refractivity contribution is 5.95. The fraction of sp³-hybridized carbons (Fsp3) is 0.280. The largest absolute Gasteiger partial charge is 0.501 e. The predicted molar refractivity (Wildman–Crippen MR) is 123 cm³/mol. The summed E-state index contributed by atoms with van der Waals surface area (Å²) in [6.45, 7) is 0.120. The first-order chi connectivity index (χ1) is 16.9. The Balaban J connectivity index is 1.51. The smallest absolute Gasteiger partial charge is 0.408 e. The third-order valence-electron chi connectivity index (χ3n) is 5.89. The van der Waals surface area contributed by atoms with Gasteiger partial charge in [-0.25, -0.2) is 14.2 Å². The SMILES string of the molecule is O=C(NC1(c2nc(O)c(O)c(C(=O)NCc3ccc(F)cc3)n2)CCCC1)OCc1ccccc1. The lowest BCUT2D eigenvalue weighted by Crippen LogP contribution is -2.45. The van der Waals surface area contributed by atoms with Gasteiger partial charge in [0.25, 0.3) is 11.8 Å². The number of ether oxygens (including phenoxy) is 1. The molecule has 1 saturated carbocycles. The summed E-state index contributed by atoms with van der Waals surface area (Å²) in [6, 6.07) is 14.7. The van der Waals surface area contributed by atoms with Crippen molar-refractivity contribution < 1.29 is 28.9 Å². The Hall–Kier alpha value is -4.21. The van der Waals surface area contributed by atoms with Crippen molar-refractivity contribution >= 4 is 12.0 Å². The van der Waals surface area contributed by atoms with Crippen molar-refractivity contribution in [2.24, 2.45) is 0 Å². The molecule has 2 aromatic carbocycles. The van der Waals surface area contributed by atoms with Crippen molar-refractivity contribution in [3.05, 3.63) is 83.1 Å². The fourth-order valence-electron chi connectivity index (χ4n) is 4.02. The molecule has 9 nitrogen and oxygen atoms in total. The number of hydrogen-bond acceptors (Lipinski definition) is 7. The highest BCUT2D eigenvalue weighted by Crippen LogP contribution is 2.39. The van der Waals surface area contributed by atoms with Crippen molar-refractivity contribution in [2.45, 2.75) is 44.4 Å². The molecule has 1 heterocycles. The van der Waals surface area contributed by atoms with Crippen LogP contribution in [-0.2, 0) is 23.4 Å². The standard InChI is InChI=1S/C25H25FN4O5/c26-18-10-8-16(9-11-18)14-27-21(32)19-20(31)22(33)29-23(28-19)25(12-4-5-13-25)30-24(34)35-15-17-6-2-1-3-7-17/h1-3,6-11,31H,4-5,12-15H2,(H,27,32)(H,30,34)(H,28,29,33). The molecule has 4 N–H and O–H groups in total. The van der Waals surface area contributed by atoms with Gasteiger partial charge in [-0.15, -0.1) is 0 Å². The maximum absolute atomic E-state index is 13.1. The molecule has 1 aliphatic carbocycles. The Kier molecular flexibility index (Phi) is 7.09. The number of amides is 2. The molecule has 3 aromatic rings. The van der Waals surface area contributed by atoms with E-state index in [1.807, 2.05) is 30.3 Å². The summed E-state index contributed by atoms with van der Waals surface area (Å²) in [6.07, 6.45) is 1.77. The Morgan fingerprint density at radius 3 is 2.34 bits per heavy atom. The van der Waals surface area contributed by atoms with Gasteiger partial charge < -0.3 is 25.6 Å². The fourth-order valence-corrected chi connectivity index (χ4v) is 4.02. The van der Waals surface area contributed by atoms with E-state index in [2.05, 4.69) is 20.6 Å². The zero-order valence-electron chi connectivity index (χ0n) is 18.8. The van der Waals surface area contributed by atoms with Crippen molar-refractivity contribution in [1.82, 2.24) is 20.6 Å². The van der Waals surface area contributed by atoms with Gasteiger partial charge in [0.1, 0.15) is 18.0 Å². The van der Waals surface area contributed by atoms with Gasteiger partial charge in [0, 0.05) is 6.54 Å². The van der Waals surface area contributed by atoms with Gasteiger partial charge in [0.15, 0.2) is 11.5 Å². The number of alkyl carbamates (subject to hydrolysis) is 1. The molecule has 0 aliphatic heterocycles. The van der Waals surface area contributed by atoms with E-state index in [0.717, 1.165) is 18.4 Å². The topological polar surface area (TPSA) is 134 Å². The van der Waals surface area contributed by atoms with Gasteiger partial charge in [-0.05, 0) is 36.1 Å². The number of aromatic hydroxyl groups is 2. The van der Waals surface area contributed by atoms with E-state index in [4.69, 9.17) is 4.74 Å². The molecule has 0 atom stereocenters. The highest BCUT2D eigenvalue weighted by Gasteiger charge is 2.42. The average molecular weight is 480 g/mol. The second kappa shape index (κ2) is 10.4. The lowest BCUT2D eigenvalue weighted by Gasteiger charge is -2.28. The minimum absolute atomic E-state index is 0.00823. The predicted octanol–water partition coefficient (Wildman–Crippen LogP) is 3.65. The molecule has 35 heavy (non-hydrogen) atoms. The van der Waals surface area contributed by atoms with Gasteiger partial charge in [0.2, 0.25) is 5.75 Å². The molecular formula is C25H25FN4O5. The zero-order valence-corrected chi connectivity index (χ0v) is 18.8. The summed E-state index contributed by atoms with van der Waals surface area (Å²) in [5, 5.41) is 25.9. The summed E-state index contributed by atoms with van der Waals surface area (Å²) in [7, 11) is 0. The normalized spacial score (nSPS) is 14.3. The first-order valence-electron chi connectivity index (χ1n) is 11.2. The van der Waals surface area contributed by atoms with Crippen LogP contribution in [0.25, 0.3) is 0 Å². The monoisotopic (exact) mass is 480 g/mol. The van der Waals surface area contributed by atoms with E-state index < -0.39 is 40.7 Å². The molecule has 0 bridgehead atoms. The highest BCUT2D eigenvalue weighted by atomic mass is 19.1. The van der Waals surface area contributed by atoms with Crippen molar-refractivity contribution in [2.75, 3.05) is 0 Å². The quantitative estimate of drug-likeness (QED) is 0.406. The first kappa shape index (κ1) is 23.9. The van der Waals surface area contributed by atoms with Gasteiger partial charge in [-0.3, -0.25) is 4.79 Å². The molecule has 10 heteroatoms. The molecule has 1 fully saturated rings. The molecule has 0 saturated heterocycles. The third-order valence-corrected chi connectivity index (χ3v) is 5.89. The molecule has 4 rings (SSSR count). The number of carbonyl (C=O) groups is 2. The Bertz CT molecular complexity index is 1200. The second-order valence-corrected chi connectivity index (χ2v) is 8.35. The van der Waals surface area contributed by atoms with Crippen molar-refractivity contribution in [1.29, 1.82) is 0 Å². The van der Waals surface area contributed by atoms with Crippen LogP contribution in [-0.4, -0.2) is 32.2 Å². The number of nitrogens with zero attached hydrogens (tertiary/aromatic N) is 2. The summed E-state index contributed by atoms with van der Waals surface area (Å²) < 4.78 is 18.4. The number of carbonyl (C=O) groups excluding carboxylic acids is 2. The second-order valence-electron chi connectivity index (χ2n) is 8.35. The molecule has 1 aliphatic rings. The van der Waals surface area contributed by atoms with Crippen LogP contribution in [0, 0.1) is 5.82 Å². The van der Waals surface area contributed by atoms with Crippen LogP contribution in [0.1, 0.15) is 53.1 Å². The maximum atomic E-state index is 13.1. The lowest BCUT2D eigenvalue weighted by atomic mass is 9.96. The molecule has 0 unspecified atom stereocenters. The van der Waals surface area contributed by atoms with Crippen LogP contribution >= 0.6 is 0 Å². The number of rotatable bonds is 7. The number of hydrogen-bond donors (Lipinski definition) is 4. The van der Waals surface area contributed by atoms with Crippen LogP contribution in [0.5, 0.6) is 11.6 Å². The summed E-state index contributed by atoms with van der Waals surface area (Å²) in [4.78, 5) is 33.5. The Morgan fingerprint density at radius 1 is 0.971 bits per heavy atom. The molecule has 0 spiro atoms. The van der Waals surface area contributed by atoms with E-state index in [0.29, 0.717) is 18.4 Å². The van der Waals surface area contributed by atoms with E-state index in [9.17, 15) is 24.2 Å². The van der Waals surface area contributed by atoms with E-state index in [1.165, 1.54) is 24.3 Å². The zero-order chi connectivity index (χ0) is 24.8. The third kappa shape index (κ3) is 5.65. The van der Waals surface area contributed by atoms with Crippen molar-refractivity contribution in [3.63, 3.8) is 0 Å². The van der Waals surface area contributed by atoms with Gasteiger partial charge >= 0.3 is 6.09 Å². The minimum atomic E-state index is -1.06. The number of benzene rings is 2. The number of aromatic nitrogens is 2. The number of halogens is 1.